The van der Waals surface area contributed by atoms with Crippen LogP contribution in [0.15, 0.2) is 48.8 Å². The van der Waals surface area contributed by atoms with E-state index in [2.05, 4.69) is 15.8 Å². The van der Waals surface area contributed by atoms with Crippen LogP contribution in [0, 0.1) is 5.92 Å². The number of carbonyl (C=O) groups excluding carboxylic acids is 1. The van der Waals surface area contributed by atoms with Crippen molar-refractivity contribution in [3.8, 4) is 11.5 Å². The molecule has 0 spiro atoms. The Hall–Kier alpha value is -2.64. The van der Waals surface area contributed by atoms with Gasteiger partial charge >= 0.3 is 0 Å². The SMILES string of the molecule is COc1cccc(OCCC2CC(C3CCN(C(=O)Cc4ccncc4)C3)NN2)c1. The summed E-state index contributed by atoms with van der Waals surface area (Å²) in [5.74, 6) is 2.33. The number of benzene rings is 1. The van der Waals surface area contributed by atoms with Crippen molar-refractivity contribution in [2.75, 3.05) is 26.8 Å². The van der Waals surface area contributed by atoms with Crippen molar-refractivity contribution in [2.45, 2.75) is 37.8 Å². The quantitative estimate of drug-likeness (QED) is 0.695. The molecule has 1 aromatic carbocycles. The van der Waals surface area contributed by atoms with E-state index in [1.54, 1.807) is 19.5 Å². The van der Waals surface area contributed by atoms with Gasteiger partial charge in [-0.15, -0.1) is 0 Å². The van der Waals surface area contributed by atoms with Crippen LogP contribution in [0.2, 0.25) is 0 Å². The summed E-state index contributed by atoms with van der Waals surface area (Å²) < 4.78 is 11.1. The molecule has 1 aromatic heterocycles. The second-order valence-electron chi connectivity index (χ2n) is 8.06. The van der Waals surface area contributed by atoms with Crippen LogP contribution in [0.4, 0.5) is 0 Å². The number of methoxy groups -OCH3 is 1. The van der Waals surface area contributed by atoms with Crippen LogP contribution < -0.4 is 20.3 Å². The number of amides is 1. The highest BCUT2D eigenvalue weighted by molar-refractivity contribution is 5.79. The molecule has 2 saturated heterocycles. The van der Waals surface area contributed by atoms with Gasteiger partial charge in [0, 0.05) is 43.6 Å². The normalized spacial score (nSPS) is 23.5. The van der Waals surface area contributed by atoms with Crippen molar-refractivity contribution in [3.63, 3.8) is 0 Å². The average molecular weight is 411 g/mol. The van der Waals surface area contributed by atoms with Gasteiger partial charge in [-0.05, 0) is 55.0 Å². The van der Waals surface area contributed by atoms with Gasteiger partial charge in [0.05, 0.1) is 20.1 Å². The molecule has 3 atom stereocenters. The van der Waals surface area contributed by atoms with Gasteiger partial charge in [0.2, 0.25) is 5.91 Å². The minimum absolute atomic E-state index is 0.206. The molecule has 7 heteroatoms. The van der Waals surface area contributed by atoms with Crippen molar-refractivity contribution < 1.29 is 14.3 Å². The highest BCUT2D eigenvalue weighted by Gasteiger charge is 2.35. The number of rotatable bonds is 8. The highest BCUT2D eigenvalue weighted by atomic mass is 16.5. The van der Waals surface area contributed by atoms with E-state index >= 15 is 0 Å². The van der Waals surface area contributed by atoms with Gasteiger partial charge in [-0.3, -0.25) is 20.6 Å². The summed E-state index contributed by atoms with van der Waals surface area (Å²) >= 11 is 0. The monoisotopic (exact) mass is 410 g/mol. The van der Waals surface area contributed by atoms with Crippen molar-refractivity contribution in [2.24, 2.45) is 5.92 Å². The third kappa shape index (κ3) is 5.29. The Bertz CT molecular complexity index is 832. The van der Waals surface area contributed by atoms with E-state index in [1.807, 2.05) is 41.3 Å². The smallest absolute Gasteiger partial charge is 0.227 e. The first kappa shape index (κ1) is 20.6. The zero-order chi connectivity index (χ0) is 20.8. The first-order chi connectivity index (χ1) is 14.7. The molecule has 3 unspecified atom stereocenters. The van der Waals surface area contributed by atoms with E-state index in [0.717, 1.165) is 49.4 Å². The number of hydrogen-bond donors (Lipinski definition) is 2. The molecule has 0 aliphatic carbocycles. The van der Waals surface area contributed by atoms with Crippen molar-refractivity contribution in [1.82, 2.24) is 20.7 Å². The number of hydrogen-bond acceptors (Lipinski definition) is 6. The van der Waals surface area contributed by atoms with Crippen LogP contribution in [0.5, 0.6) is 11.5 Å². The van der Waals surface area contributed by atoms with Crippen LogP contribution in [-0.2, 0) is 11.2 Å². The summed E-state index contributed by atoms with van der Waals surface area (Å²) in [7, 11) is 1.66. The van der Waals surface area contributed by atoms with Gasteiger partial charge in [0.25, 0.3) is 0 Å². The molecule has 30 heavy (non-hydrogen) atoms. The van der Waals surface area contributed by atoms with Gasteiger partial charge < -0.3 is 14.4 Å². The van der Waals surface area contributed by atoms with Gasteiger partial charge in [0.1, 0.15) is 11.5 Å². The van der Waals surface area contributed by atoms with E-state index in [4.69, 9.17) is 9.47 Å². The molecular weight excluding hydrogens is 380 g/mol. The maximum atomic E-state index is 12.6. The summed E-state index contributed by atoms with van der Waals surface area (Å²) in [5.41, 5.74) is 7.89. The molecule has 160 valence electrons. The van der Waals surface area contributed by atoms with Gasteiger partial charge in [-0.1, -0.05) is 6.07 Å². The Balaban J connectivity index is 1.19. The molecule has 0 saturated carbocycles. The Kier molecular flexibility index (Phi) is 6.81. The lowest BCUT2D eigenvalue weighted by Crippen LogP contribution is -2.39. The first-order valence-corrected chi connectivity index (χ1v) is 10.7. The van der Waals surface area contributed by atoms with Crippen LogP contribution in [0.3, 0.4) is 0 Å². The number of nitrogens with zero attached hydrogens (tertiary/aromatic N) is 2. The summed E-state index contributed by atoms with van der Waals surface area (Å²) in [4.78, 5) is 18.6. The molecular formula is C23H30N4O3. The van der Waals surface area contributed by atoms with E-state index < -0.39 is 0 Å². The second-order valence-corrected chi connectivity index (χ2v) is 8.06. The molecule has 3 heterocycles. The summed E-state index contributed by atoms with van der Waals surface area (Å²) in [6.07, 6.45) is 6.96. The van der Waals surface area contributed by atoms with Crippen LogP contribution in [0.1, 0.15) is 24.8 Å². The summed E-state index contributed by atoms with van der Waals surface area (Å²) in [6.45, 7) is 2.33. The molecule has 4 rings (SSSR count). The van der Waals surface area contributed by atoms with Gasteiger partial charge in [-0.25, -0.2) is 0 Å². The van der Waals surface area contributed by atoms with E-state index in [-0.39, 0.29) is 5.91 Å². The van der Waals surface area contributed by atoms with Crippen molar-refractivity contribution in [1.29, 1.82) is 0 Å². The molecule has 0 bridgehead atoms. The van der Waals surface area contributed by atoms with Crippen molar-refractivity contribution >= 4 is 5.91 Å². The number of hydrazine groups is 1. The fourth-order valence-electron chi connectivity index (χ4n) is 4.29. The van der Waals surface area contributed by atoms with E-state index in [1.165, 1.54) is 0 Å². The third-order valence-corrected chi connectivity index (χ3v) is 6.04. The van der Waals surface area contributed by atoms with Crippen LogP contribution in [-0.4, -0.2) is 54.7 Å². The number of likely N-dealkylation sites (tertiary alicyclic amines) is 1. The van der Waals surface area contributed by atoms with E-state index in [0.29, 0.717) is 31.0 Å². The molecule has 2 fully saturated rings. The zero-order valence-corrected chi connectivity index (χ0v) is 17.4. The number of aromatic nitrogens is 1. The zero-order valence-electron chi connectivity index (χ0n) is 17.4. The van der Waals surface area contributed by atoms with Crippen molar-refractivity contribution in [3.05, 3.63) is 54.4 Å². The third-order valence-electron chi connectivity index (χ3n) is 6.04. The Morgan fingerprint density at radius 3 is 2.87 bits per heavy atom. The lowest BCUT2D eigenvalue weighted by atomic mass is 9.94. The summed E-state index contributed by atoms with van der Waals surface area (Å²) in [5, 5.41) is 0. The second kappa shape index (κ2) is 9.91. The Morgan fingerprint density at radius 2 is 2.03 bits per heavy atom. The fraction of sp³-hybridized carbons (Fsp3) is 0.478. The lowest BCUT2D eigenvalue weighted by Gasteiger charge is -2.20. The molecule has 2 aromatic rings. The Labute approximate surface area is 177 Å². The molecule has 0 radical (unpaired) electrons. The predicted octanol–water partition coefficient (Wildman–Crippen LogP) is 2.19. The standard InChI is InChI=1S/C23H30N4O3/c1-29-20-3-2-4-21(15-20)30-12-8-19-14-22(26-25-19)18-7-11-27(16-18)23(28)13-17-5-9-24-10-6-17/h2-6,9-10,15,18-19,22,25-26H,7-8,11-14,16H2,1H3. The van der Waals surface area contributed by atoms with Gasteiger partial charge in [-0.2, -0.15) is 0 Å². The number of carbonyl (C=O) groups is 1. The number of nitrogens with one attached hydrogen (secondary N) is 2. The topological polar surface area (TPSA) is 75.7 Å². The molecule has 1 amide bonds. The molecule has 2 aliphatic heterocycles. The maximum Gasteiger partial charge on any atom is 0.227 e. The molecule has 2 aliphatic rings. The van der Waals surface area contributed by atoms with Crippen LogP contribution in [0.25, 0.3) is 0 Å². The minimum atomic E-state index is 0.206. The molecule has 2 N–H and O–H groups in total. The minimum Gasteiger partial charge on any atom is -0.497 e. The fourth-order valence-corrected chi connectivity index (χ4v) is 4.29. The lowest BCUT2D eigenvalue weighted by molar-refractivity contribution is -0.129. The van der Waals surface area contributed by atoms with Crippen LogP contribution >= 0.6 is 0 Å². The largest absolute Gasteiger partial charge is 0.497 e. The maximum absolute atomic E-state index is 12.6. The highest BCUT2D eigenvalue weighted by Crippen LogP contribution is 2.26. The number of pyridine rings is 1. The average Bonchev–Trinajstić information content (AvgIpc) is 3.44. The first-order valence-electron chi connectivity index (χ1n) is 10.7. The summed E-state index contributed by atoms with van der Waals surface area (Å²) in [6, 6.07) is 12.3. The Morgan fingerprint density at radius 1 is 1.20 bits per heavy atom. The number of ether oxygens (including phenoxy) is 2. The predicted molar refractivity (Wildman–Crippen MR) is 114 cm³/mol. The van der Waals surface area contributed by atoms with E-state index in [9.17, 15) is 4.79 Å². The van der Waals surface area contributed by atoms with Gasteiger partial charge in [0.15, 0.2) is 0 Å². The molecule has 7 nitrogen and oxygen atoms in total.